The summed E-state index contributed by atoms with van der Waals surface area (Å²) in [7, 11) is 0. The van der Waals surface area contributed by atoms with Gasteiger partial charge in [-0.25, -0.2) is 4.79 Å². The van der Waals surface area contributed by atoms with Crippen molar-refractivity contribution in [1.29, 1.82) is 0 Å². The average molecular weight is 380 g/mol. The molecule has 0 aliphatic carbocycles. The van der Waals surface area contributed by atoms with E-state index in [1.165, 1.54) is 0 Å². The second-order valence-corrected chi connectivity index (χ2v) is 6.01. The Morgan fingerprint density at radius 3 is 2.69 bits per heavy atom. The molecule has 0 fully saturated rings. The fraction of sp³-hybridized carbons (Fsp3) is 0.368. The lowest BCUT2D eigenvalue weighted by atomic mass is 9.99. The Morgan fingerprint density at radius 1 is 1.19 bits per heavy atom. The van der Waals surface area contributed by atoms with Gasteiger partial charge >= 0.3 is 5.97 Å². The molecule has 1 aromatic rings. The van der Waals surface area contributed by atoms with E-state index in [0.717, 1.165) is 18.9 Å². The Kier molecular flexibility index (Phi) is 7.53. The molecule has 0 spiro atoms. The summed E-state index contributed by atoms with van der Waals surface area (Å²) in [5.41, 5.74) is 0.671. The van der Waals surface area contributed by atoms with Crippen LogP contribution in [0.15, 0.2) is 35.5 Å². The molecule has 2 rings (SSSR count). The number of cyclic esters (lactones) is 1. The highest BCUT2D eigenvalue weighted by Crippen LogP contribution is 2.37. The van der Waals surface area contributed by atoms with Gasteiger partial charge in [-0.1, -0.05) is 35.0 Å². The number of hydrogen-bond donors (Lipinski definition) is 2. The van der Waals surface area contributed by atoms with Crippen LogP contribution in [0, 0.1) is 0 Å². The number of nitrogens with zero attached hydrogens (tertiary/aromatic N) is 1. The molecule has 0 amide bonds. The number of oxime groups is 1. The van der Waals surface area contributed by atoms with Crippen molar-refractivity contribution in [3.63, 3.8) is 0 Å². The van der Waals surface area contributed by atoms with E-state index in [1.807, 2.05) is 18.2 Å². The number of benzene rings is 1. The zero-order valence-corrected chi connectivity index (χ0v) is 15.3. The van der Waals surface area contributed by atoms with Crippen molar-refractivity contribution in [3.05, 3.63) is 46.5 Å². The van der Waals surface area contributed by atoms with Crippen LogP contribution in [0.5, 0.6) is 11.5 Å². The first-order chi connectivity index (χ1) is 12.5. The van der Waals surface area contributed by atoms with Crippen molar-refractivity contribution in [3.8, 4) is 11.5 Å². The highest BCUT2D eigenvalue weighted by molar-refractivity contribution is 6.33. The van der Waals surface area contributed by atoms with Gasteiger partial charge in [0.05, 0.1) is 17.3 Å². The predicted molar refractivity (Wildman–Crippen MR) is 100.0 cm³/mol. The number of phenolic OH excluding ortho intramolecular Hbond substituents is 2. The van der Waals surface area contributed by atoms with Crippen molar-refractivity contribution >= 4 is 23.3 Å². The number of aromatic hydroxyl groups is 2. The summed E-state index contributed by atoms with van der Waals surface area (Å²) in [5.74, 6) is -1.42. The Morgan fingerprint density at radius 2 is 1.92 bits per heavy atom. The molecule has 0 atom stereocenters. The van der Waals surface area contributed by atoms with E-state index in [-0.39, 0.29) is 34.9 Å². The van der Waals surface area contributed by atoms with Crippen molar-refractivity contribution in [2.24, 2.45) is 5.16 Å². The molecule has 2 N–H and O–H groups in total. The zero-order valence-electron chi connectivity index (χ0n) is 14.6. The minimum absolute atomic E-state index is 0.0284. The fourth-order valence-corrected chi connectivity index (χ4v) is 2.68. The standard InChI is InChI=1S/C19H22ClNO5/c1-2-26-21-13-9-7-5-3-4-6-8-10-25-19(24)17-14(11-13)18(20)16(23)12-15(17)22/h4,6-7,9,12,22-23H,2-3,5,8,10-11H2,1H3/b6-4+,9-7+,21-13+. The molecular formula is C19H22ClNO5. The van der Waals surface area contributed by atoms with E-state index in [0.29, 0.717) is 18.7 Å². The van der Waals surface area contributed by atoms with Gasteiger partial charge in [-0.05, 0) is 37.8 Å². The van der Waals surface area contributed by atoms with Gasteiger partial charge in [0.15, 0.2) is 0 Å². The Labute approximate surface area is 157 Å². The molecule has 0 aromatic heterocycles. The molecule has 1 aliphatic rings. The van der Waals surface area contributed by atoms with Gasteiger partial charge in [-0.15, -0.1) is 0 Å². The summed E-state index contributed by atoms with van der Waals surface area (Å²) in [5, 5.41) is 24.1. The second kappa shape index (κ2) is 9.87. The molecule has 7 heteroatoms. The molecule has 140 valence electrons. The summed E-state index contributed by atoms with van der Waals surface area (Å²) in [6, 6.07) is 1.03. The molecule has 6 nitrogen and oxygen atoms in total. The molecule has 0 bridgehead atoms. The van der Waals surface area contributed by atoms with Crippen molar-refractivity contribution < 1.29 is 24.6 Å². The molecule has 1 aromatic carbocycles. The van der Waals surface area contributed by atoms with Crippen molar-refractivity contribution in [2.75, 3.05) is 13.2 Å². The largest absolute Gasteiger partial charge is 0.507 e. The number of carbonyl (C=O) groups excluding carboxylic acids is 1. The molecular weight excluding hydrogens is 358 g/mol. The van der Waals surface area contributed by atoms with Gasteiger partial charge in [-0.3, -0.25) is 0 Å². The fourth-order valence-electron chi connectivity index (χ4n) is 2.47. The first-order valence-electron chi connectivity index (χ1n) is 8.45. The number of phenols is 2. The third-order valence-electron chi connectivity index (χ3n) is 3.69. The van der Waals surface area contributed by atoms with Crippen LogP contribution in [-0.4, -0.2) is 35.1 Å². The van der Waals surface area contributed by atoms with Crippen LogP contribution in [0.2, 0.25) is 5.02 Å². The van der Waals surface area contributed by atoms with Crippen molar-refractivity contribution in [1.82, 2.24) is 0 Å². The lowest BCUT2D eigenvalue weighted by Crippen LogP contribution is -2.13. The highest BCUT2D eigenvalue weighted by atomic mass is 35.5. The third kappa shape index (κ3) is 5.26. The monoisotopic (exact) mass is 379 g/mol. The minimum atomic E-state index is -0.704. The minimum Gasteiger partial charge on any atom is -0.507 e. The van der Waals surface area contributed by atoms with Crippen molar-refractivity contribution in [2.45, 2.75) is 32.6 Å². The Hall–Kier alpha value is -2.47. The van der Waals surface area contributed by atoms with Crippen LogP contribution >= 0.6 is 11.6 Å². The van der Waals surface area contributed by atoms with E-state index in [1.54, 1.807) is 13.0 Å². The smallest absolute Gasteiger partial charge is 0.342 e. The maximum absolute atomic E-state index is 12.4. The highest BCUT2D eigenvalue weighted by Gasteiger charge is 2.24. The molecule has 1 aliphatic heterocycles. The summed E-state index contributed by atoms with van der Waals surface area (Å²) >= 11 is 6.20. The predicted octanol–water partition coefficient (Wildman–Crippen LogP) is 4.14. The number of rotatable bonds is 2. The van der Waals surface area contributed by atoms with E-state index in [9.17, 15) is 15.0 Å². The van der Waals surface area contributed by atoms with E-state index < -0.39 is 11.7 Å². The molecule has 26 heavy (non-hydrogen) atoms. The Bertz CT molecular complexity index is 740. The Balaban J connectivity index is 2.51. The van der Waals surface area contributed by atoms with Crippen LogP contribution < -0.4 is 0 Å². The van der Waals surface area contributed by atoms with Crippen LogP contribution in [-0.2, 0) is 16.0 Å². The maximum Gasteiger partial charge on any atom is 0.342 e. The van der Waals surface area contributed by atoms with E-state index in [2.05, 4.69) is 5.16 Å². The van der Waals surface area contributed by atoms with Gasteiger partial charge in [-0.2, -0.15) is 0 Å². The number of allylic oxidation sites excluding steroid dienone is 3. The van der Waals surface area contributed by atoms with Crippen LogP contribution in [0.4, 0.5) is 0 Å². The van der Waals surface area contributed by atoms with E-state index in [4.69, 9.17) is 21.2 Å². The normalized spacial score (nSPS) is 19.9. The molecule has 0 saturated heterocycles. The number of halogens is 1. The van der Waals surface area contributed by atoms with Gasteiger partial charge < -0.3 is 19.8 Å². The third-order valence-corrected chi connectivity index (χ3v) is 4.11. The number of fused-ring (bicyclic) bond motifs is 1. The van der Waals surface area contributed by atoms with Gasteiger partial charge in [0.25, 0.3) is 0 Å². The van der Waals surface area contributed by atoms with Crippen LogP contribution in [0.3, 0.4) is 0 Å². The van der Waals surface area contributed by atoms with Crippen LogP contribution in [0.25, 0.3) is 0 Å². The van der Waals surface area contributed by atoms with Crippen LogP contribution in [0.1, 0.15) is 42.1 Å². The summed E-state index contributed by atoms with van der Waals surface area (Å²) < 4.78 is 5.23. The maximum atomic E-state index is 12.4. The molecule has 0 radical (unpaired) electrons. The SMILES string of the molecule is CCO/N=C1\C=C\CC/C=C/CCOC(=O)c2c(O)cc(O)c(Cl)c2C1. The molecule has 0 unspecified atom stereocenters. The van der Waals surface area contributed by atoms with Gasteiger partial charge in [0.1, 0.15) is 23.7 Å². The quantitative estimate of drug-likeness (QED) is 0.458. The number of hydrogen-bond acceptors (Lipinski definition) is 6. The molecule has 0 saturated carbocycles. The van der Waals surface area contributed by atoms with E-state index >= 15 is 0 Å². The summed E-state index contributed by atoms with van der Waals surface area (Å²) in [6.07, 6.45) is 10.0. The van der Waals surface area contributed by atoms with Gasteiger partial charge in [0, 0.05) is 12.5 Å². The zero-order chi connectivity index (χ0) is 18.9. The lowest BCUT2D eigenvalue weighted by Gasteiger charge is -2.14. The first-order valence-corrected chi connectivity index (χ1v) is 8.83. The van der Waals surface area contributed by atoms with Gasteiger partial charge in [0.2, 0.25) is 0 Å². The molecule has 1 heterocycles. The lowest BCUT2D eigenvalue weighted by molar-refractivity contribution is 0.0507. The topological polar surface area (TPSA) is 88.4 Å². The average Bonchev–Trinajstić information content (AvgIpc) is 2.61. The summed E-state index contributed by atoms with van der Waals surface area (Å²) in [6.45, 7) is 2.37. The first kappa shape index (κ1) is 19.8. The second-order valence-electron chi connectivity index (χ2n) is 5.64. The number of esters is 1. The number of ether oxygens (including phenoxy) is 1. The number of carbonyl (C=O) groups is 1. The summed E-state index contributed by atoms with van der Waals surface area (Å²) in [4.78, 5) is 17.6.